The van der Waals surface area contributed by atoms with Gasteiger partial charge in [0.2, 0.25) is 5.91 Å². The van der Waals surface area contributed by atoms with Crippen molar-refractivity contribution in [3.8, 4) is 11.5 Å². The predicted molar refractivity (Wildman–Crippen MR) is 120 cm³/mol. The molecule has 0 fully saturated rings. The minimum absolute atomic E-state index is 0.0620. The summed E-state index contributed by atoms with van der Waals surface area (Å²) in [6, 6.07) is 13.0. The van der Waals surface area contributed by atoms with Gasteiger partial charge in [0.1, 0.15) is 6.61 Å². The zero-order chi connectivity index (χ0) is 21.9. The van der Waals surface area contributed by atoms with Crippen LogP contribution in [0, 0.1) is 0 Å². The summed E-state index contributed by atoms with van der Waals surface area (Å²) in [6.07, 6.45) is 3.90. The topological polar surface area (TPSA) is 76.1 Å². The number of aliphatic carboxylic acids is 1. The number of carboxylic acid groups (broad SMARTS) is 1. The molecule has 0 saturated heterocycles. The SMILES string of the molecule is CCN(CC)C(=O)C/C=C/c1ccc(OCc2ccccc2Br)c(OCC(=O)O)c1. The molecule has 160 valence electrons. The number of amides is 1. The monoisotopic (exact) mass is 475 g/mol. The van der Waals surface area contributed by atoms with Gasteiger partial charge in [-0.1, -0.05) is 52.3 Å². The fourth-order valence-electron chi connectivity index (χ4n) is 2.77. The first-order valence-corrected chi connectivity index (χ1v) is 10.5. The highest BCUT2D eigenvalue weighted by molar-refractivity contribution is 9.10. The lowest BCUT2D eigenvalue weighted by Crippen LogP contribution is -2.29. The van der Waals surface area contributed by atoms with Crippen LogP contribution in [0.5, 0.6) is 11.5 Å². The van der Waals surface area contributed by atoms with Crippen LogP contribution in [0.2, 0.25) is 0 Å². The maximum atomic E-state index is 12.1. The second kappa shape index (κ2) is 12.0. The molecule has 0 heterocycles. The number of ether oxygens (including phenoxy) is 2. The number of halogens is 1. The molecular weight excluding hydrogens is 450 g/mol. The van der Waals surface area contributed by atoms with Gasteiger partial charge in [-0.05, 0) is 37.6 Å². The summed E-state index contributed by atoms with van der Waals surface area (Å²) in [5, 5.41) is 8.95. The van der Waals surface area contributed by atoms with Crippen LogP contribution in [0.25, 0.3) is 6.08 Å². The summed E-state index contributed by atoms with van der Waals surface area (Å²) in [4.78, 5) is 24.8. The van der Waals surface area contributed by atoms with Gasteiger partial charge in [-0.25, -0.2) is 4.79 Å². The third-order valence-electron chi connectivity index (χ3n) is 4.38. The van der Waals surface area contributed by atoms with Crippen molar-refractivity contribution in [2.45, 2.75) is 26.9 Å². The van der Waals surface area contributed by atoms with Crippen LogP contribution in [0.1, 0.15) is 31.4 Å². The molecule has 2 aromatic carbocycles. The maximum Gasteiger partial charge on any atom is 0.341 e. The van der Waals surface area contributed by atoms with E-state index in [2.05, 4.69) is 15.9 Å². The predicted octanol–water partition coefficient (Wildman–Crippen LogP) is 4.76. The second-order valence-electron chi connectivity index (χ2n) is 6.44. The Bertz CT molecular complexity index is 893. The Morgan fingerprint density at radius 3 is 2.47 bits per heavy atom. The largest absolute Gasteiger partial charge is 0.485 e. The van der Waals surface area contributed by atoms with Crippen molar-refractivity contribution >= 4 is 33.9 Å². The average Bonchev–Trinajstić information content (AvgIpc) is 2.73. The van der Waals surface area contributed by atoms with Gasteiger partial charge in [-0.2, -0.15) is 0 Å². The molecule has 0 spiro atoms. The molecule has 6 nitrogen and oxygen atoms in total. The molecule has 0 radical (unpaired) electrons. The lowest BCUT2D eigenvalue weighted by atomic mass is 10.1. The molecule has 0 atom stereocenters. The van der Waals surface area contributed by atoms with Gasteiger partial charge in [0.05, 0.1) is 0 Å². The van der Waals surface area contributed by atoms with E-state index in [4.69, 9.17) is 14.6 Å². The summed E-state index contributed by atoms with van der Waals surface area (Å²) in [7, 11) is 0. The Morgan fingerprint density at radius 2 is 1.80 bits per heavy atom. The molecule has 30 heavy (non-hydrogen) atoms. The number of benzene rings is 2. The average molecular weight is 476 g/mol. The number of carboxylic acids is 1. The van der Waals surface area contributed by atoms with E-state index in [-0.39, 0.29) is 5.91 Å². The summed E-state index contributed by atoms with van der Waals surface area (Å²) in [6.45, 7) is 5.09. The first-order chi connectivity index (χ1) is 14.4. The van der Waals surface area contributed by atoms with Gasteiger partial charge in [0, 0.05) is 29.5 Å². The van der Waals surface area contributed by atoms with Crippen molar-refractivity contribution in [3.05, 3.63) is 64.1 Å². The van der Waals surface area contributed by atoms with Gasteiger partial charge in [0.25, 0.3) is 0 Å². The minimum Gasteiger partial charge on any atom is -0.485 e. The maximum absolute atomic E-state index is 12.1. The van der Waals surface area contributed by atoms with Crippen LogP contribution in [0.3, 0.4) is 0 Å². The van der Waals surface area contributed by atoms with Crippen molar-refractivity contribution < 1.29 is 24.2 Å². The lowest BCUT2D eigenvalue weighted by Gasteiger charge is -2.17. The van der Waals surface area contributed by atoms with Crippen LogP contribution >= 0.6 is 15.9 Å². The summed E-state index contributed by atoms with van der Waals surface area (Å²) in [5.41, 5.74) is 1.75. The Morgan fingerprint density at radius 1 is 1.07 bits per heavy atom. The number of hydrogen-bond acceptors (Lipinski definition) is 4. The highest BCUT2D eigenvalue weighted by atomic mass is 79.9. The Labute approximate surface area is 185 Å². The number of nitrogens with zero attached hydrogens (tertiary/aromatic N) is 1. The minimum atomic E-state index is -1.07. The second-order valence-corrected chi connectivity index (χ2v) is 7.30. The van der Waals surface area contributed by atoms with Crippen molar-refractivity contribution in [2.75, 3.05) is 19.7 Å². The molecule has 0 bridgehead atoms. The fourth-order valence-corrected chi connectivity index (χ4v) is 3.17. The third-order valence-corrected chi connectivity index (χ3v) is 5.15. The first-order valence-electron chi connectivity index (χ1n) is 9.73. The van der Waals surface area contributed by atoms with Crippen LogP contribution < -0.4 is 9.47 Å². The third kappa shape index (κ3) is 7.22. The molecule has 0 unspecified atom stereocenters. The molecule has 7 heteroatoms. The van der Waals surface area contributed by atoms with E-state index in [1.807, 2.05) is 50.3 Å². The highest BCUT2D eigenvalue weighted by Gasteiger charge is 2.10. The molecule has 2 rings (SSSR count). The Hall–Kier alpha value is -2.80. The van der Waals surface area contributed by atoms with Crippen molar-refractivity contribution in [1.82, 2.24) is 4.90 Å². The van der Waals surface area contributed by atoms with Crippen molar-refractivity contribution in [3.63, 3.8) is 0 Å². The summed E-state index contributed by atoms with van der Waals surface area (Å²) >= 11 is 3.48. The normalized spacial score (nSPS) is 10.8. The van der Waals surface area contributed by atoms with Crippen LogP contribution in [0.15, 0.2) is 53.0 Å². The van der Waals surface area contributed by atoms with Crippen LogP contribution in [-0.2, 0) is 16.2 Å². The molecule has 1 amide bonds. The zero-order valence-electron chi connectivity index (χ0n) is 17.1. The number of carbonyl (C=O) groups is 2. The molecule has 0 aliphatic rings. The van der Waals surface area contributed by atoms with E-state index >= 15 is 0 Å². The first kappa shape index (κ1) is 23.5. The van der Waals surface area contributed by atoms with E-state index in [0.717, 1.165) is 15.6 Å². The quantitative estimate of drug-likeness (QED) is 0.506. The smallest absolute Gasteiger partial charge is 0.341 e. The molecule has 0 aliphatic heterocycles. The van der Waals surface area contributed by atoms with Crippen LogP contribution in [0.4, 0.5) is 0 Å². The molecule has 0 saturated carbocycles. The lowest BCUT2D eigenvalue weighted by molar-refractivity contribution is -0.139. The van der Waals surface area contributed by atoms with E-state index < -0.39 is 12.6 Å². The fraction of sp³-hybridized carbons (Fsp3) is 0.304. The molecule has 1 N–H and O–H groups in total. The summed E-state index contributed by atoms with van der Waals surface area (Å²) < 4.78 is 12.2. The molecular formula is C23H26BrNO5. The molecule has 0 aliphatic carbocycles. The Balaban J connectivity index is 2.12. The number of carbonyl (C=O) groups excluding carboxylic acids is 1. The number of hydrogen-bond donors (Lipinski definition) is 1. The van der Waals surface area contributed by atoms with E-state index in [1.165, 1.54) is 0 Å². The van der Waals surface area contributed by atoms with Gasteiger partial charge < -0.3 is 19.5 Å². The van der Waals surface area contributed by atoms with E-state index in [1.54, 1.807) is 23.1 Å². The van der Waals surface area contributed by atoms with Gasteiger partial charge in [-0.3, -0.25) is 4.79 Å². The summed E-state index contributed by atoms with van der Waals surface area (Å²) in [5.74, 6) is -0.227. The van der Waals surface area contributed by atoms with Crippen molar-refractivity contribution in [2.24, 2.45) is 0 Å². The van der Waals surface area contributed by atoms with Gasteiger partial charge >= 0.3 is 5.97 Å². The van der Waals surface area contributed by atoms with Gasteiger partial charge in [0.15, 0.2) is 18.1 Å². The molecule has 2 aromatic rings. The number of rotatable bonds is 11. The van der Waals surface area contributed by atoms with E-state index in [0.29, 0.717) is 37.6 Å². The highest BCUT2D eigenvalue weighted by Crippen LogP contribution is 2.30. The van der Waals surface area contributed by atoms with Crippen molar-refractivity contribution in [1.29, 1.82) is 0 Å². The zero-order valence-corrected chi connectivity index (χ0v) is 18.7. The Kier molecular flexibility index (Phi) is 9.41. The molecule has 0 aromatic heterocycles. The van der Waals surface area contributed by atoms with E-state index in [9.17, 15) is 9.59 Å². The van der Waals surface area contributed by atoms with Gasteiger partial charge in [-0.15, -0.1) is 0 Å². The van der Waals surface area contributed by atoms with Crippen LogP contribution in [-0.4, -0.2) is 41.6 Å². The standard InChI is InChI=1S/C23H26BrNO5/c1-3-25(4-2)22(26)11-7-8-17-12-13-20(21(14-17)30-16-23(27)28)29-15-18-9-5-6-10-19(18)24/h5-10,12-14H,3-4,11,15-16H2,1-2H3,(H,27,28)/b8-7+.